The number of halogens is 2. The summed E-state index contributed by atoms with van der Waals surface area (Å²) in [5, 5.41) is 10.4. The van der Waals surface area contributed by atoms with Crippen LogP contribution in [0.3, 0.4) is 0 Å². The van der Waals surface area contributed by atoms with Gasteiger partial charge in [-0.25, -0.2) is 0 Å². The number of hydrogen-bond donors (Lipinski definition) is 0. The van der Waals surface area contributed by atoms with Crippen molar-refractivity contribution in [2.45, 2.75) is 12.8 Å². The maximum Gasteiger partial charge on any atom is 0.257 e. The highest BCUT2D eigenvalue weighted by molar-refractivity contribution is 6.31. The van der Waals surface area contributed by atoms with E-state index >= 15 is 0 Å². The van der Waals surface area contributed by atoms with E-state index in [-0.39, 0.29) is 5.56 Å². The largest absolute Gasteiger partial charge is 0.497 e. The monoisotopic (exact) mass is 518 g/mol. The third-order valence-electron chi connectivity index (χ3n) is 6.13. The number of azo groups is 1. The van der Waals surface area contributed by atoms with E-state index in [2.05, 4.69) is 10.0 Å². The van der Waals surface area contributed by atoms with Gasteiger partial charge in [-0.2, -0.15) is 5.11 Å². The fourth-order valence-corrected chi connectivity index (χ4v) is 4.69. The van der Waals surface area contributed by atoms with Crippen LogP contribution in [0.25, 0.3) is 16.8 Å². The highest BCUT2D eigenvalue weighted by atomic mass is 35.5. The van der Waals surface area contributed by atoms with Gasteiger partial charge in [0.25, 0.3) is 5.56 Å². The van der Waals surface area contributed by atoms with Crippen molar-refractivity contribution in [3.05, 3.63) is 99.3 Å². The highest BCUT2D eigenvalue weighted by Gasteiger charge is 2.25. The molecule has 4 aromatic rings. The summed E-state index contributed by atoms with van der Waals surface area (Å²) in [6.45, 7) is 1.63. The fourth-order valence-electron chi connectivity index (χ4n) is 4.38. The van der Waals surface area contributed by atoms with Crippen LogP contribution in [0.1, 0.15) is 12.8 Å². The van der Waals surface area contributed by atoms with Gasteiger partial charge in [-0.05, 0) is 73.0 Å². The maximum absolute atomic E-state index is 13.7. The number of aromatic nitrogens is 1. The molecule has 0 amide bonds. The molecular weight excluding hydrogens is 495 g/mol. The number of anilines is 1. The minimum Gasteiger partial charge on any atom is -0.497 e. The van der Waals surface area contributed by atoms with E-state index in [1.807, 2.05) is 36.4 Å². The fraction of sp³-hybridized carbons (Fsp3) is 0.179. The molecule has 0 N–H and O–H groups in total. The molecule has 0 unspecified atom stereocenters. The van der Waals surface area contributed by atoms with Gasteiger partial charge in [-0.3, -0.25) is 9.36 Å². The van der Waals surface area contributed by atoms with E-state index in [1.165, 1.54) is 0 Å². The summed E-state index contributed by atoms with van der Waals surface area (Å²) in [5.41, 5.74) is 3.32. The number of methoxy groups -OCH3 is 1. The van der Waals surface area contributed by atoms with Gasteiger partial charge in [-0.1, -0.05) is 41.4 Å². The average Bonchev–Trinajstić information content (AvgIpc) is 3.43. The normalized spacial score (nSPS) is 13.5. The Bertz CT molecular complexity index is 1460. The van der Waals surface area contributed by atoms with Crippen LogP contribution < -0.4 is 15.2 Å². The zero-order valence-corrected chi connectivity index (χ0v) is 21.2. The van der Waals surface area contributed by atoms with E-state index in [0.717, 1.165) is 37.2 Å². The van der Waals surface area contributed by atoms with Gasteiger partial charge >= 0.3 is 0 Å². The molecule has 8 heteroatoms. The van der Waals surface area contributed by atoms with E-state index in [0.29, 0.717) is 38.5 Å². The van der Waals surface area contributed by atoms with Gasteiger partial charge < -0.3 is 9.64 Å². The van der Waals surface area contributed by atoms with E-state index < -0.39 is 0 Å². The lowest BCUT2D eigenvalue weighted by atomic mass is 10.0. The molecule has 1 saturated heterocycles. The van der Waals surface area contributed by atoms with E-state index in [4.69, 9.17) is 33.1 Å². The standard InChI is InChI=1S/C28H24Cl2N4O2/c1-36-24-13-7-19(8-14-24)25-18-26(35)34(23-6-4-5-21(30)17-23)28(33-15-2-3-16-33)27(25)32-31-22-11-9-20(29)10-12-22/h4-14,17-18H,2-3,15-16H2,1H3. The first-order valence-corrected chi connectivity index (χ1v) is 12.4. The molecule has 36 heavy (non-hydrogen) atoms. The second kappa shape index (κ2) is 10.6. The van der Waals surface area contributed by atoms with Crippen LogP contribution in [0.2, 0.25) is 10.0 Å². The smallest absolute Gasteiger partial charge is 0.257 e. The molecule has 1 fully saturated rings. The quantitative estimate of drug-likeness (QED) is 0.244. The van der Waals surface area contributed by atoms with Gasteiger partial charge in [0.05, 0.1) is 18.5 Å². The molecule has 0 atom stereocenters. The minimum atomic E-state index is -0.171. The highest BCUT2D eigenvalue weighted by Crippen LogP contribution is 2.41. The lowest BCUT2D eigenvalue weighted by Gasteiger charge is -2.26. The first-order chi connectivity index (χ1) is 17.5. The van der Waals surface area contributed by atoms with Crippen LogP contribution in [0.5, 0.6) is 5.75 Å². The third-order valence-corrected chi connectivity index (χ3v) is 6.62. The second-order valence-electron chi connectivity index (χ2n) is 8.48. The maximum atomic E-state index is 13.7. The lowest BCUT2D eigenvalue weighted by molar-refractivity contribution is 0.415. The summed E-state index contributed by atoms with van der Waals surface area (Å²) in [7, 11) is 1.62. The van der Waals surface area contributed by atoms with Gasteiger partial charge in [0, 0.05) is 34.8 Å². The first-order valence-electron chi connectivity index (χ1n) is 11.7. The molecule has 0 aliphatic carbocycles. The van der Waals surface area contributed by atoms with Gasteiger partial charge in [0.2, 0.25) is 0 Å². The summed E-state index contributed by atoms with van der Waals surface area (Å²) >= 11 is 12.4. The van der Waals surface area contributed by atoms with Crippen molar-refractivity contribution in [3.8, 4) is 22.6 Å². The van der Waals surface area contributed by atoms with Crippen molar-refractivity contribution >= 4 is 40.4 Å². The van der Waals surface area contributed by atoms with Gasteiger partial charge in [-0.15, -0.1) is 5.11 Å². The number of rotatable bonds is 6. The van der Waals surface area contributed by atoms with Crippen LogP contribution in [0.15, 0.2) is 93.9 Å². The topological polar surface area (TPSA) is 59.2 Å². The van der Waals surface area contributed by atoms with E-state index in [1.54, 1.807) is 54.1 Å². The molecule has 0 bridgehead atoms. The van der Waals surface area contributed by atoms with Crippen LogP contribution in [0.4, 0.5) is 17.2 Å². The molecular formula is C28H24Cl2N4O2. The van der Waals surface area contributed by atoms with Crippen molar-refractivity contribution in [2.24, 2.45) is 10.2 Å². The zero-order chi connectivity index (χ0) is 25.1. The first kappa shape index (κ1) is 24.1. The Balaban J connectivity index is 1.78. The number of hydrogen-bond acceptors (Lipinski definition) is 5. The van der Waals surface area contributed by atoms with E-state index in [9.17, 15) is 4.79 Å². The SMILES string of the molecule is COc1ccc(-c2cc(=O)n(-c3cccc(Cl)c3)c(N3CCCC3)c2N=Nc2ccc(Cl)cc2)cc1. The lowest BCUT2D eigenvalue weighted by Crippen LogP contribution is -2.29. The Morgan fingerprint density at radius 1 is 0.833 bits per heavy atom. The Hall–Kier alpha value is -3.61. The summed E-state index contributed by atoms with van der Waals surface area (Å²) in [5.74, 6) is 1.43. The number of nitrogens with zero attached hydrogens (tertiary/aromatic N) is 4. The second-order valence-corrected chi connectivity index (χ2v) is 9.36. The molecule has 2 heterocycles. The molecule has 3 aromatic carbocycles. The summed E-state index contributed by atoms with van der Waals surface area (Å²) in [4.78, 5) is 15.9. The van der Waals surface area contributed by atoms with Crippen LogP contribution >= 0.6 is 23.2 Å². The summed E-state index contributed by atoms with van der Waals surface area (Å²) < 4.78 is 7.01. The molecule has 0 saturated carbocycles. The van der Waals surface area contributed by atoms with Gasteiger partial charge in [0.15, 0.2) is 0 Å². The van der Waals surface area contributed by atoms with Gasteiger partial charge in [0.1, 0.15) is 17.3 Å². The predicted octanol–water partition coefficient (Wildman–Crippen LogP) is 7.84. The number of pyridine rings is 1. The molecule has 0 radical (unpaired) electrons. The third kappa shape index (κ3) is 5.01. The Morgan fingerprint density at radius 2 is 1.56 bits per heavy atom. The van der Waals surface area contributed by atoms with Crippen LogP contribution in [0, 0.1) is 0 Å². The Kier molecular flexibility index (Phi) is 7.07. The minimum absolute atomic E-state index is 0.171. The molecule has 6 nitrogen and oxygen atoms in total. The van der Waals surface area contributed by atoms with Crippen molar-refractivity contribution in [1.29, 1.82) is 0 Å². The molecule has 1 aliphatic rings. The number of ether oxygens (including phenoxy) is 1. The predicted molar refractivity (Wildman–Crippen MR) is 146 cm³/mol. The Labute approximate surface area is 219 Å². The average molecular weight is 519 g/mol. The zero-order valence-electron chi connectivity index (χ0n) is 19.7. The van der Waals surface area contributed by atoms with Crippen molar-refractivity contribution < 1.29 is 4.74 Å². The van der Waals surface area contributed by atoms with Crippen molar-refractivity contribution in [2.75, 3.05) is 25.1 Å². The Morgan fingerprint density at radius 3 is 2.22 bits per heavy atom. The van der Waals surface area contributed by atoms with Crippen molar-refractivity contribution in [1.82, 2.24) is 4.57 Å². The number of benzene rings is 3. The summed E-state index contributed by atoms with van der Waals surface area (Å²) in [6.07, 6.45) is 2.06. The van der Waals surface area contributed by atoms with Crippen molar-refractivity contribution in [3.63, 3.8) is 0 Å². The summed E-state index contributed by atoms with van der Waals surface area (Å²) in [6, 6.07) is 23.6. The van der Waals surface area contributed by atoms with Crippen LogP contribution in [-0.4, -0.2) is 24.8 Å². The molecule has 5 rings (SSSR count). The molecule has 0 spiro atoms. The molecule has 1 aliphatic heterocycles. The molecule has 1 aromatic heterocycles. The molecule has 182 valence electrons. The van der Waals surface area contributed by atoms with Crippen LogP contribution in [-0.2, 0) is 0 Å².